The highest BCUT2D eigenvalue weighted by Crippen LogP contribution is 2.21. The first-order valence-electron chi connectivity index (χ1n) is 9.99. The van der Waals surface area contributed by atoms with Gasteiger partial charge in [0.2, 0.25) is 0 Å². The van der Waals surface area contributed by atoms with Crippen LogP contribution >= 0.6 is 0 Å². The molecule has 0 atom stereocenters. The lowest BCUT2D eigenvalue weighted by atomic mass is 10.0. The second-order valence-corrected chi connectivity index (χ2v) is 7.21. The molecule has 0 spiro atoms. The maximum Gasteiger partial charge on any atom is 0.344 e. The molecule has 31 heavy (non-hydrogen) atoms. The Balaban J connectivity index is 1.45. The van der Waals surface area contributed by atoms with Crippen molar-refractivity contribution in [1.82, 2.24) is 0 Å². The van der Waals surface area contributed by atoms with Crippen LogP contribution in [0.4, 0.5) is 11.4 Å². The SMILES string of the molecule is CN(C)c1ccc(NC(=O)COC(=O)COc2ccccc2Cc2ccccc2)cc1. The Morgan fingerprint density at radius 1 is 0.839 bits per heavy atom. The van der Waals surface area contributed by atoms with Gasteiger partial charge in [-0.15, -0.1) is 0 Å². The molecule has 0 saturated heterocycles. The van der Waals surface area contributed by atoms with E-state index in [1.54, 1.807) is 12.1 Å². The van der Waals surface area contributed by atoms with E-state index in [2.05, 4.69) is 5.32 Å². The van der Waals surface area contributed by atoms with Gasteiger partial charge < -0.3 is 19.7 Å². The van der Waals surface area contributed by atoms with Crippen molar-refractivity contribution in [1.29, 1.82) is 0 Å². The number of hydrogen-bond acceptors (Lipinski definition) is 5. The first-order chi connectivity index (χ1) is 15.0. The van der Waals surface area contributed by atoms with Gasteiger partial charge in [-0.1, -0.05) is 48.5 Å². The predicted octanol–water partition coefficient (Wildman–Crippen LogP) is 3.90. The lowest BCUT2D eigenvalue weighted by molar-refractivity contribution is -0.149. The fraction of sp³-hybridized carbons (Fsp3) is 0.200. The van der Waals surface area contributed by atoms with Crippen LogP contribution in [-0.2, 0) is 20.7 Å². The summed E-state index contributed by atoms with van der Waals surface area (Å²) in [6.45, 7) is -0.639. The number of para-hydroxylation sites is 1. The van der Waals surface area contributed by atoms with Crippen LogP contribution in [0.15, 0.2) is 78.9 Å². The molecule has 0 aromatic heterocycles. The largest absolute Gasteiger partial charge is 0.482 e. The molecule has 3 aromatic rings. The Morgan fingerprint density at radius 2 is 1.52 bits per heavy atom. The van der Waals surface area contributed by atoms with E-state index in [9.17, 15) is 9.59 Å². The minimum Gasteiger partial charge on any atom is -0.482 e. The van der Waals surface area contributed by atoms with Crippen LogP contribution in [0.5, 0.6) is 5.75 Å². The third-order valence-corrected chi connectivity index (χ3v) is 4.59. The van der Waals surface area contributed by atoms with Crippen LogP contribution in [0.2, 0.25) is 0 Å². The van der Waals surface area contributed by atoms with Crippen molar-refractivity contribution in [3.05, 3.63) is 90.0 Å². The molecule has 0 radical (unpaired) electrons. The number of esters is 1. The van der Waals surface area contributed by atoms with E-state index in [1.807, 2.05) is 85.7 Å². The molecule has 0 aliphatic heterocycles. The number of ether oxygens (including phenoxy) is 2. The van der Waals surface area contributed by atoms with Crippen molar-refractivity contribution in [2.75, 3.05) is 37.5 Å². The third-order valence-electron chi connectivity index (χ3n) is 4.59. The second kappa shape index (κ2) is 10.8. The second-order valence-electron chi connectivity index (χ2n) is 7.21. The van der Waals surface area contributed by atoms with Crippen molar-refractivity contribution in [3.8, 4) is 5.75 Å². The topological polar surface area (TPSA) is 67.9 Å². The minimum absolute atomic E-state index is 0.267. The number of benzene rings is 3. The van der Waals surface area contributed by atoms with E-state index in [4.69, 9.17) is 9.47 Å². The molecule has 0 unspecified atom stereocenters. The van der Waals surface area contributed by atoms with Crippen LogP contribution in [0.25, 0.3) is 0 Å². The van der Waals surface area contributed by atoms with Crippen molar-refractivity contribution in [3.63, 3.8) is 0 Å². The number of nitrogens with one attached hydrogen (secondary N) is 1. The summed E-state index contributed by atoms with van der Waals surface area (Å²) in [6.07, 6.45) is 0.696. The highest BCUT2D eigenvalue weighted by Gasteiger charge is 2.11. The maximum absolute atomic E-state index is 12.0. The van der Waals surface area contributed by atoms with Crippen LogP contribution in [0.1, 0.15) is 11.1 Å². The molecule has 0 bridgehead atoms. The summed E-state index contributed by atoms with van der Waals surface area (Å²) in [5, 5.41) is 2.70. The number of carbonyl (C=O) groups excluding carboxylic acids is 2. The summed E-state index contributed by atoms with van der Waals surface area (Å²) in [5.41, 5.74) is 3.78. The Labute approximate surface area is 182 Å². The van der Waals surface area contributed by atoms with Gasteiger partial charge in [0.15, 0.2) is 13.2 Å². The van der Waals surface area contributed by atoms with Gasteiger partial charge in [-0.05, 0) is 41.5 Å². The van der Waals surface area contributed by atoms with Gasteiger partial charge in [-0.3, -0.25) is 4.79 Å². The number of amides is 1. The van der Waals surface area contributed by atoms with Crippen molar-refractivity contribution < 1.29 is 19.1 Å². The molecular formula is C25H26N2O4. The third kappa shape index (κ3) is 6.89. The van der Waals surface area contributed by atoms with Crippen molar-refractivity contribution in [2.24, 2.45) is 0 Å². The van der Waals surface area contributed by atoms with Gasteiger partial charge in [0.25, 0.3) is 5.91 Å². The van der Waals surface area contributed by atoms with Gasteiger partial charge in [0.1, 0.15) is 5.75 Å². The van der Waals surface area contributed by atoms with E-state index in [-0.39, 0.29) is 13.2 Å². The monoisotopic (exact) mass is 418 g/mol. The highest BCUT2D eigenvalue weighted by molar-refractivity contribution is 5.93. The maximum atomic E-state index is 12.0. The van der Waals surface area contributed by atoms with E-state index in [0.717, 1.165) is 16.8 Å². The molecule has 6 nitrogen and oxygen atoms in total. The number of hydrogen-bond donors (Lipinski definition) is 1. The minimum atomic E-state index is -0.604. The van der Waals surface area contributed by atoms with Gasteiger partial charge in [0.05, 0.1) is 0 Å². The Bertz CT molecular complexity index is 1000. The zero-order chi connectivity index (χ0) is 22.1. The number of anilines is 2. The number of nitrogens with zero attached hydrogens (tertiary/aromatic N) is 1. The molecule has 3 aromatic carbocycles. The average molecular weight is 418 g/mol. The van der Waals surface area contributed by atoms with Crippen LogP contribution < -0.4 is 15.0 Å². The fourth-order valence-corrected chi connectivity index (χ4v) is 2.97. The Kier molecular flexibility index (Phi) is 7.65. The smallest absolute Gasteiger partial charge is 0.344 e. The van der Waals surface area contributed by atoms with Gasteiger partial charge in [-0.25, -0.2) is 4.79 Å². The predicted molar refractivity (Wildman–Crippen MR) is 122 cm³/mol. The Morgan fingerprint density at radius 3 is 2.23 bits per heavy atom. The quantitative estimate of drug-likeness (QED) is 0.534. The van der Waals surface area contributed by atoms with Gasteiger partial charge >= 0.3 is 5.97 Å². The number of rotatable bonds is 9. The van der Waals surface area contributed by atoms with Crippen molar-refractivity contribution >= 4 is 23.3 Å². The molecule has 0 fully saturated rings. The molecule has 160 valence electrons. The first kappa shape index (κ1) is 21.9. The molecule has 6 heteroatoms. The zero-order valence-electron chi connectivity index (χ0n) is 17.7. The van der Waals surface area contributed by atoms with E-state index >= 15 is 0 Å². The molecule has 1 N–H and O–H groups in total. The zero-order valence-corrected chi connectivity index (χ0v) is 17.7. The number of carbonyl (C=O) groups is 2. The molecule has 0 saturated carbocycles. The highest BCUT2D eigenvalue weighted by atomic mass is 16.6. The van der Waals surface area contributed by atoms with Crippen molar-refractivity contribution in [2.45, 2.75) is 6.42 Å². The average Bonchev–Trinajstić information content (AvgIpc) is 2.78. The lowest BCUT2D eigenvalue weighted by Gasteiger charge is -2.13. The summed E-state index contributed by atoms with van der Waals surface area (Å²) in [6, 6.07) is 24.9. The summed E-state index contributed by atoms with van der Waals surface area (Å²) in [4.78, 5) is 26.0. The summed E-state index contributed by atoms with van der Waals surface area (Å²) in [7, 11) is 3.88. The molecular weight excluding hydrogens is 392 g/mol. The van der Waals surface area contributed by atoms with Crippen LogP contribution in [-0.4, -0.2) is 39.2 Å². The summed E-state index contributed by atoms with van der Waals surface area (Å²) < 4.78 is 10.7. The van der Waals surface area contributed by atoms with E-state index in [1.165, 1.54) is 0 Å². The molecule has 1 amide bonds. The van der Waals surface area contributed by atoms with E-state index in [0.29, 0.717) is 17.9 Å². The summed E-state index contributed by atoms with van der Waals surface area (Å²) in [5.74, 6) is -0.392. The summed E-state index contributed by atoms with van der Waals surface area (Å²) >= 11 is 0. The normalized spacial score (nSPS) is 10.3. The fourth-order valence-electron chi connectivity index (χ4n) is 2.97. The molecule has 0 heterocycles. The Hall–Kier alpha value is -3.80. The molecule has 3 rings (SSSR count). The van der Waals surface area contributed by atoms with Crippen LogP contribution in [0.3, 0.4) is 0 Å². The lowest BCUT2D eigenvalue weighted by Crippen LogP contribution is -2.23. The van der Waals surface area contributed by atoms with Gasteiger partial charge in [0, 0.05) is 31.9 Å². The molecule has 0 aliphatic carbocycles. The molecule has 0 aliphatic rings. The van der Waals surface area contributed by atoms with Gasteiger partial charge in [-0.2, -0.15) is 0 Å². The standard InChI is InChI=1S/C25H26N2O4/c1-27(2)22-14-12-21(13-15-22)26-24(28)17-31-25(29)18-30-23-11-7-6-10-20(23)16-19-8-4-3-5-9-19/h3-15H,16-18H2,1-2H3,(H,26,28). The van der Waals surface area contributed by atoms with Crippen LogP contribution in [0, 0.1) is 0 Å². The first-order valence-corrected chi connectivity index (χ1v) is 9.99. The van der Waals surface area contributed by atoms with E-state index < -0.39 is 11.9 Å².